The molecule has 1 aromatic heterocycles. The van der Waals surface area contributed by atoms with E-state index < -0.39 is 0 Å². The van der Waals surface area contributed by atoms with Crippen LogP contribution in [0.1, 0.15) is 23.3 Å². The molecule has 1 heterocycles. The topological polar surface area (TPSA) is 89.3 Å². The Kier molecular flexibility index (Phi) is 6.42. The highest BCUT2D eigenvalue weighted by Crippen LogP contribution is 2.15. The van der Waals surface area contributed by atoms with Crippen LogP contribution in [0.15, 0.2) is 12.1 Å². The van der Waals surface area contributed by atoms with Crippen molar-refractivity contribution in [2.24, 2.45) is 5.84 Å². The summed E-state index contributed by atoms with van der Waals surface area (Å²) in [6.07, 6.45) is 1.73. The van der Waals surface area contributed by atoms with Crippen molar-refractivity contribution < 1.29 is 9.53 Å². The van der Waals surface area contributed by atoms with Crippen molar-refractivity contribution in [3.63, 3.8) is 0 Å². The number of ether oxygens (including phenoxy) is 1. The number of anilines is 1. The van der Waals surface area contributed by atoms with E-state index in [-0.39, 0.29) is 11.6 Å². The molecule has 4 N–H and O–H groups in total. The van der Waals surface area contributed by atoms with Gasteiger partial charge >= 0.3 is 0 Å². The number of methoxy groups -OCH3 is 1. The van der Waals surface area contributed by atoms with Crippen molar-refractivity contribution in [1.82, 2.24) is 10.3 Å². The monoisotopic (exact) mass is 272 g/mol. The van der Waals surface area contributed by atoms with E-state index in [1.165, 1.54) is 0 Å². The zero-order chi connectivity index (χ0) is 13.4. The third-order valence-corrected chi connectivity index (χ3v) is 2.57. The minimum absolute atomic E-state index is 0.166. The zero-order valence-electron chi connectivity index (χ0n) is 10.2. The summed E-state index contributed by atoms with van der Waals surface area (Å²) in [4.78, 5) is 15.8. The standard InChI is InChI=1S/C11H17ClN4O2/c1-18-7-3-2-6-14-11(17)10-8(12)4-5-9(15-10)16-13/h4-5H,2-3,6-7,13H2,1H3,(H,14,17)(H,15,16). The van der Waals surface area contributed by atoms with Gasteiger partial charge in [-0.2, -0.15) is 0 Å². The number of rotatable bonds is 7. The van der Waals surface area contributed by atoms with E-state index in [0.29, 0.717) is 24.0 Å². The molecule has 7 heteroatoms. The van der Waals surface area contributed by atoms with Crippen molar-refractivity contribution in [3.8, 4) is 0 Å². The lowest BCUT2D eigenvalue weighted by Crippen LogP contribution is -2.26. The first-order valence-electron chi connectivity index (χ1n) is 5.59. The second-order valence-corrected chi connectivity index (χ2v) is 4.03. The van der Waals surface area contributed by atoms with E-state index in [2.05, 4.69) is 15.7 Å². The molecule has 0 spiro atoms. The number of nitrogens with two attached hydrogens (primary N) is 1. The maximum Gasteiger partial charge on any atom is 0.271 e. The highest BCUT2D eigenvalue weighted by atomic mass is 35.5. The Labute approximate surface area is 111 Å². The third-order valence-electron chi connectivity index (χ3n) is 2.27. The van der Waals surface area contributed by atoms with Crippen LogP contribution in [-0.2, 0) is 4.74 Å². The molecule has 0 unspecified atom stereocenters. The SMILES string of the molecule is COCCCCNC(=O)c1nc(NN)ccc1Cl. The summed E-state index contributed by atoms with van der Waals surface area (Å²) < 4.78 is 4.91. The molecule has 0 aliphatic heterocycles. The normalized spacial score (nSPS) is 10.2. The van der Waals surface area contributed by atoms with Gasteiger partial charge in [-0.3, -0.25) is 4.79 Å². The van der Waals surface area contributed by atoms with Crippen LogP contribution in [0.4, 0.5) is 5.82 Å². The van der Waals surface area contributed by atoms with Crippen molar-refractivity contribution >= 4 is 23.3 Å². The van der Waals surface area contributed by atoms with Crippen molar-refractivity contribution in [2.75, 3.05) is 25.7 Å². The Bertz CT molecular complexity index is 401. The first-order chi connectivity index (χ1) is 8.69. The first-order valence-corrected chi connectivity index (χ1v) is 5.97. The zero-order valence-corrected chi connectivity index (χ0v) is 11.0. The third kappa shape index (κ3) is 4.48. The molecule has 0 aliphatic carbocycles. The van der Waals surface area contributed by atoms with Gasteiger partial charge in [-0.15, -0.1) is 0 Å². The number of amides is 1. The van der Waals surface area contributed by atoms with E-state index in [9.17, 15) is 4.79 Å². The fourth-order valence-corrected chi connectivity index (χ4v) is 1.53. The van der Waals surface area contributed by atoms with Gasteiger partial charge in [0.15, 0.2) is 0 Å². The molecule has 1 rings (SSSR count). The summed E-state index contributed by atoms with van der Waals surface area (Å²) in [6.45, 7) is 1.24. The number of hydrogen-bond acceptors (Lipinski definition) is 5. The number of hydrazine groups is 1. The second-order valence-electron chi connectivity index (χ2n) is 3.63. The van der Waals surface area contributed by atoms with Gasteiger partial charge in [0.05, 0.1) is 5.02 Å². The van der Waals surface area contributed by atoms with Gasteiger partial charge in [-0.25, -0.2) is 10.8 Å². The van der Waals surface area contributed by atoms with Gasteiger partial charge < -0.3 is 15.5 Å². The molecule has 0 fully saturated rings. The fraction of sp³-hybridized carbons (Fsp3) is 0.455. The molecule has 0 bridgehead atoms. The number of pyridine rings is 1. The van der Waals surface area contributed by atoms with Gasteiger partial charge in [-0.05, 0) is 25.0 Å². The summed E-state index contributed by atoms with van der Waals surface area (Å²) in [7, 11) is 1.65. The van der Waals surface area contributed by atoms with Crippen LogP contribution in [0.3, 0.4) is 0 Å². The quantitative estimate of drug-likeness (QED) is 0.394. The number of hydrogen-bond donors (Lipinski definition) is 3. The van der Waals surface area contributed by atoms with Crippen LogP contribution in [0.5, 0.6) is 0 Å². The summed E-state index contributed by atoms with van der Waals surface area (Å²) >= 11 is 5.90. The fourth-order valence-electron chi connectivity index (χ4n) is 1.34. The van der Waals surface area contributed by atoms with E-state index >= 15 is 0 Å². The van der Waals surface area contributed by atoms with Crippen molar-refractivity contribution in [1.29, 1.82) is 0 Å². The molecule has 100 valence electrons. The predicted molar refractivity (Wildman–Crippen MR) is 70.5 cm³/mol. The van der Waals surface area contributed by atoms with Crippen molar-refractivity contribution in [3.05, 3.63) is 22.8 Å². The predicted octanol–water partition coefficient (Wildman–Crippen LogP) is 1.18. The molecule has 1 amide bonds. The largest absolute Gasteiger partial charge is 0.385 e. The molecule has 18 heavy (non-hydrogen) atoms. The Hall–Kier alpha value is -1.37. The van der Waals surface area contributed by atoms with Crippen LogP contribution in [0.25, 0.3) is 0 Å². The van der Waals surface area contributed by atoms with E-state index in [0.717, 1.165) is 12.8 Å². The van der Waals surface area contributed by atoms with Crippen LogP contribution < -0.4 is 16.6 Å². The minimum atomic E-state index is -0.311. The van der Waals surface area contributed by atoms with Gasteiger partial charge in [-0.1, -0.05) is 11.6 Å². The molecule has 0 aromatic carbocycles. The summed E-state index contributed by atoms with van der Waals surface area (Å²) in [5.74, 6) is 5.30. The number of nitrogens with one attached hydrogen (secondary N) is 2. The maximum absolute atomic E-state index is 11.8. The Morgan fingerprint density at radius 1 is 1.50 bits per heavy atom. The number of aromatic nitrogens is 1. The lowest BCUT2D eigenvalue weighted by Gasteiger charge is -2.07. The molecule has 1 aromatic rings. The average Bonchev–Trinajstić information content (AvgIpc) is 2.39. The Morgan fingerprint density at radius 3 is 2.94 bits per heavy atom. The van der Waals surface area contributed by atoms with Gasteiger partial charge in [0.1, 0.15) is 11.5 Å². The summed E-state index contributed by atoms with van der Waals surface area (Å²) in [6, 6.07) is 3.17. The molecular formula is C11H17ClN4O2. The van der Waals surface area contributed by atoms with E-state index in [4.69, 9.17) is 22.2 Å². The number of nitrogens with zero attached hydrogens (tertiary/aromatic N) is 1. The molecule has 0 atom stereocenters. The van der Waals surface area contributed by atoms with Gasteiger partial charge in [0.2, 0.25) is 0 Å². The van der Waals surface area contributed by atoms with Gasteiger partial charge in [0, 0.05) is 20.3 Å². The maximum atomic E-state index is 11.8. The highest BCUT2D eigenvalue weighted by molar-refractivity contribution is 6.33. The Balaban J connectivity index is 2.50. The number of halogens is 1. The first kappa shape index (κ1) is 14.7. The number of carbonyl (C=O) groups excluding carboxylic acids is 1. The van der Waals surface area contributed by atoms with Crippen LogP contribution in [-0.4, -0.2) is 31.2 Å². The summed E-state index contributed by atoms with van der Waals surface area (Å²) in [5, 5.41) is 3.03. The number of carbonyl (C=O) groups is 1. The smallest absolute Gasteiger partial charge is 0.271 e. The number of nitrogen functional groups attached to an aromatic ring is 1. The average molecular weight is 273 g/mol. The highest BCUT2D eigenvalue weighted by Gasteiger charge is 2.12. The van der Waals surface area contributed by atoms with E-state index in [1.54, 1.807) is 19.2 Å². The minimum Gasteiger partial charge on any atom is -0.385 e. The molecule has 6 nitrogen and oxygen atoms in total. The lowest BCUT2D eigenvalue weighted by atomic mass is 10.3. The molecule has 0 saturated carbocycles. The van der Waals surface area contributed by atoms with Crippen LogP contribution in [0, 0.1) is 0 Å². The lowest BCUT2D eigenvalue weighted by molar-refractivity contribution is 0.0946. The molecular weight excluding hydrogens is 256 g/mol. The molecule has 0 aliphatic rings. The van der Waals surface area contributed by atoms with E-state index in [1.807, 2.05) is 0 Å². The second kappa shape index (κ2) is 7.86. The van der Waals surface area contributed by atoms with Crippen molar-refractivity contribution in [2.45, 2.75) is 12.8 Å². The molecule has 0 saturated heterocycles. The van der Waals surface area contributed by atoms with Crippen LogP contribution >= 0.6 is 11.6 Å². The molecule has 0 radical (unpaired) electrons. The number of unbranched alkanes of at least 4 members (excludes halogenated alkanes) is 1. The van der Waals surface area contributed by atoms with Gasteiger partial charge in [0.25, 0.3) is 5.91 Å². The van der Waals surface area contributed by atoms with Crippen LogP contribution in [0.2, 0.25) is 5.02 Å². The summed E-state index contributed by atoms with van der Waals surface area (Å²) in [5.41, 5.74) is 2.53. The Morgan fingerprint density at radius 2 is 2.28 bits per heavy atom.